The molecule has 0 radical (unpaired) electrons. The minimum atomic E-state index is -0.554. The number of ether oxygens (including phenoxy) is 3. The van der Waals surface area contributed by atoms with Gasteiger partial charge in [0.05, 0.1) is 11.5 Å². The summed E-state index contributed by atoms with van der Waals surface area (Å²) in [5.74, 6) is 0.893. The molecule has 3 aliphatic rings. The standard InChI is InChI=1S/C22H30N2O6/c1-22(2,3)30-21(25)19-10-14-6-4-5-7-18(14)23(19)11-15-8-17(24(26)27)9-16-12-28-13-29-20(15)16/h8-9,14,18-19H,4-7,10-13H2,1-3H3/t14-,18-,19-/m0/s1. The first-order valence-electron chi connectivity index (χ1n) is 10.7. The fourth-order valence-corrected chi connectivity index (χ4v) is 5.08. The number of non-ortho nitro benzene ring substituents is 1. The third-order valence-electron chi connectivity index (χ3n) is 6.24. The third kappa shape index (κ3) is 4.30. The average molecular weight is 418 g/mol. The molecule has 0 aromatic heterocycles. The maximum atomic E-state index is 13.0. The van der Waals surface area contributed by atoms with Gasteiger partial charge in [0.25, 0.3) is 5.69 Å². The van der Waals surface area contributed by atoms with Crippen molar-refractivity contribution in [2.24, 2.45) is 5.92 Å². The van der Waals surface area contributed by atoms with Crippen molar-refractivity contribution in [2.75, 3.05) is 6.79 Å². The molecule has 3 atom stereocenters. The summed E-state index contributed by atoms with van der Waals surface area (Å²) in [6.07, 6.45) is 5.24. The van der Waals surface area contributed by atoms with Crippen molar-refractivity contribution < 1.29 is 23.9 Å². The van der Waals surface area contributed by atoms with Crippen molar-refractivity contribution in [3.05, 3.63) is 33.4 Å². The molecule has 0 bridgehead atoms. The van der Waals surface area contributed by atoms with Crippen LogP contribution in [0.3, 0.4) is 0 Å². The summed E-state index contributed by atoms with van der Waals surface area (Å²) in [7, 11) is 0. The summed E-state index contributed by atoms with van der Waals surface area (Å²) >= 11 is 0. The lowest BCUT2D eigenvalue weighted by Gasteiger charge is -2.34. The van der Waals surface area contributed by atoms with Crippen molar-refractivity contribution in [1.82, 2.24) is 4.90 Å². The highest BCUT2D eigenvalue weighted by Crippen LogP contribution is 2.43. The Balaban J connectivity index is 1.67. The zero-order valence-electron chi connectivity index (χ0n) is 17.9. The molecule has 2 fully saturated rings. The molecule has 0 spiro atoms. The monoisotopic (exact) mass is 418 g/mol. The Labute approximate surface area is 176 Å². The number of fused-ring (bicyclic) bond motifs is 2. The summed E-state index contributed by atoms with van der Waals surface area (Å²) in [5, 5.41) is 11.5. The fourth-order valence-electron chi connectivity index (χ4n) is 5.08. The molecule has 4 rings (SSSR count). The Morgan fingerprint density at radius 2 is 2.07 bits per heavy atom. The van der Waals surface area contributed by atoms with Gasteiger partial charge in [-0.1, -0.05) is 12.8 Å². The molecule has 0 N–H and O–H groups in total. The van der Waals surface area contributed by atoms with Crippen LogP contribution in [-0.2, 0) is 27.4 Å². The van der Waals surface area contributed by atoms with Crippen LogP contribution in [0, 0.1) is 16.0 Å². The van der Waals surface area contributed by atoms with E-state index in [4.69, 9.17) is 14.2 Å². The van der Waals surface area contributed by atoms with Crippen LogP contribution in [0.15, 0.2) is 12.1 Å². The number of hydrogen-bond acceptors (Lipinski definition) is 7. The average Bonchev–Trinajstić information content (AvgIpc) is 3.05. The van der Waals surface area contributed by atoms with E-state index >= 15 is 0 Å². The zero-order chi connectivity index (χ0) is 21.5. The summed E-state index contributed by atoms with van der Waals surface area (Å²) < 4.78 is 16.8. The van der Waals surface area contributed by atoms with Crippen molar-refractivity contribution in [3.63, 3.8) is 0 Å². The lowest BCUT2D eigenvalue weighted by Crippen LogP contribution is -2.44. The van der Waals surface area contributed by atoms with Crippen LogP contribution >= 0.6 is 0 Å². The third-order valence-corrected chi connectivity index (χ3v) is 6.24. The lowest BCUT2D eigenvalue weighted by atomic mass is 9.84. The molecule has 1 aliphatic carbocycles. The molecule has 1 saturated carbocycles. The summed E-state index contributed by atoms with van der Waals surface area (Å²) in [6.45, 7) is 6.46. The van der Waals surface area contributed by atoms with Gasteiger partial charge >= 0.3 is 5.97 Å². The number of likely N-dealkylation sites (tertiary alicyclic amines) is 1. The first-order chi connectivity index (χ1) is 14.2. The van der Waals surface area contributed by atoms with E-state index in [0.29, 0.717) is 23.8 Å². The van der Waals surface area contributed by atoms with E-state index < -0.39 is 10.5 Å². The van der Waals surface area contributed by atoms with Crippen LogP contribution in [0.4, 0.5) is 5.69 Å². The molecule has 0 amide bonds. The SMILES string of the molecule is CC(C)(C)OC(=O)[C@@H]1C[C@@H]2CCCC[C@@H]2N1Cc1cc([N+](=O)[O-])cc2c1OCOC2. The topological polar surface area (TPSA) is 91.1 Å². The summed E-state index contributed by atoms with van der Waals surface area (Å²) in [4.78, 5) is 26.3. The van der Waals surface area contributed by atoms with Gasteiger partial charge in [-0.15, -0.1) is 0 Å². The Bertz CT molecular complexity index is 834. The minimum Gasteiger partial charge on any atom is -0.467 e. The number of nitro benzene ring substituents is 1. The molecule has 30 heavy (non-hydrogen) atoms. The van der Waals surface area contributed by atoms with Crippen LogP contribution in [0.1, 0.15) is 64.0 Å². The number of esters is 1. The summed E-state index contributed by atoms with van der Waals surface area (Å²) in [5.41, 5.74) is 0.883. The van der Waals surface area contributed by atoms with Gasteiger partial charge in [-0.3, -0.25) is 19.8 Å². The smallest absolute Gasteiger partial charge is 0.323 e. The largest absolute Gasteiger partial charge is 0.467 e. The molecule has 2 heterocycles. The fraction of sp³-hybridized carbons (Fsp3) is 0.682. The maximum absolute atomic E-state index is 13.0. The number of carbonyl (C=O) groups is 1. The van der Waals surface area contributed by atoms with Gasteiger partial charge in [0.2, 0.25) is 0 Å². The van der Waals surface area contributed by atoms with Crippen LogP contribution in [0.2, 0.25) is 0 Å². The van der Waals surface area contributed by atoms with E-state index in [0.717, 1.165) is 31.2 Å². The second-order valence-corrected chi connectivity index (χ2v) is 9.53. The van der Waals surface area contributed by atoms with E-state index in [1.165, 1.54) is 12.5 Å². The first kappa shape index (κ1) is 21.1. The van der Waals surface area contributed by atoms with Gasteiger partial charge in [-0.2, -0.15) is 0 Å². The van der Waals surface area contributed by atoms with Crippen molar-refractivity contribution >= 4 is 11.7 Å². The molecule has 8 heteroatoms. The highest BCUT2D eigenvalue weighted by Gasteiger charge is 2.46. The van der Waals surface area contributed by atoms with Crippen molar-refractivity contribution in [3.8, 4) is 5.75 Å². The first-order valence-corrected chi connectivity index (χ1v) is 10.7. The van der Waals surface area contributed by atoms with Crippen molar-refractivity contribution in [1.29, 1.82) is 0 Å². The van der Waals surface area contributed by atoms with Crippen molar-refractivity contribution in [2.45, 2.75) is 83.7 Å². The highest BCUT2D eigenvalue weighted by molar-refractivity contribution is 5.77. The van der Waals surface area contributed by atoms with E-state index in [9.17, 15) is 14.9 Å². The predicted molar refractivity (Wildman–Crippen MR) is 109 cm³/mol. The molecule has 1 saturated heterocycles. The number of rotatable bonds is 4. The van der Waals surface area contributed by atoms with Gasteiger partial charge in [0.15, 0.2) is 6.79 Å². The van der Waals surface area contributed by atoms with E-state index in [1.54, 1.807) is 6.07 Å². The number of nitro groups is 1. The zero-order valence-corrected chi connectivity index (χ0v) is 17.9. The molecule has 0 unspecified atom stereocenters. The highest BCUT2D eigenvalue weighted by atomic mass is 16.7. The number of nitrogens with zero attached hydrogens (tertiary/aromatic N) is 2. The van der Waals surface area contributed by atoms with Gasteiger partial charge < -0.3 is 14.2 Å². The molecule has 1 aromatic carbocycles. The number of carbonyl (C=O) groups excluding carboxylic acids is 1. The molecular formula is C22H30N2O6. The van der Waals surface area contributed by atoms with E-state index in [2.05, 4.69) is 4.90 Å². The second kappa shape index (κ2) is 8.15. The predicted octanol–water partition coefficient (Wildman–Crippen LogP) is 3.94. The van der Waals surface area contributed by atoms with Gasteiger partial charge in [0, 0.05) is 35.8 Å². The lowest BCUT2D eigenvalue weighted by molar-refractivity contribution is -0.385. The Morgan fingerprint density at radius 3 is 2.80 bits per heavy atom. The minimum absolute atomic E-state index is 0.0195. The van der Waals surface area contributed by atoms with Crippen LogP contribution in [0.5, 0.6) is 5.75 Å². The van der Waals surface area contributed by atoms with Crippen LogP contribution in [-0.4, -0.2) is 40.3 Å². The van der Waals surface area contributed by atoms with Crippen LogP contribution in [0.25, 0.3) is 0 Å². The normalized spacial score (nSPS) is 26.4. The number of hydrogen-bond donors (Lipinski definition) is 0. The van der Waals surface area contributed by atoms with E-state index in [-0.39, 0.29) is 37.1 Å². The van der Waals surface area contributed by atoms with E-state index in [1.807, 2.05) is 20.8 Å². The van der Waals surface area contributed by atoms with Gasteiger partial charge in [-0.25, -0.2) is 0 Å². The van der Waals surface area contributed by atoms with Gasteiger partial charge in [0.1, 0.15) is 17.4 Å². The Kier molecular flexibility index (Phi) is 5.72. The molecule has 8 nitrogen and oxygen atoms in total. The summed E-state index contributed by atoms with van der Waals surface area (Å²) in [6, 6.07) is 3.03. The molecule has 1 aromatic rings. The van der Waals surface area contributed by atoms with Crippen LogP contribution < -0.4 is 4.74 Å². The quantitative estimate of drug-likeness (QED) is 0.415. The number of benzene rings is 1. The van der Waals surface area contributed by atoms with Gasteiger partial charge in [-0.05, 0) is 46.0 Å². The molecule has 164 valence electrons. The second-order valence-electron chi connectivity index (χ2n) is 9.53. The maximum Gasteiger partial charge on any atom is 0.323 e. The molecule has 2 aliphatic heterocycles. The molecular weight excluding hydrogens is 388 g/mol. The Hall–Kier alpha value is -2.19. The Morgan fingerprint density at radius 1 is 1.30 bits per heavy atom.